The van der Waals surface area contributed by atoms with E-state index >= 15 is 0 Å². The van der Waals surface area contributed by atoms with E-state index in [2.05, 4.69) is 28.1 Å². The van der Waals surface area contributed by atoms with Gasteiger partial charge in [0.15, 0.2) is 5.75 Å². The fourth-order valence-corrected chi connectivity index (χ4v) is 6.60. The molecule has 2 heterocycles. The quantitative estimate of drug-likeness (QED) is 0.781. The van der Waals surface area contributed by atoms with Crippen molar-refractivity contribution in [2.45, 2.75) is 50.6 Å². The highest BCUT2D eigenvalue weighted by molar-refractivity contribution is 5.85. The van der Waals surface area contributed by atoms with Crippen LogP contribution >= 0.6 is 0 Å². The lowest BCUT2D eigenvalue weighted by atomic mass is 9.52. The largest absolute Gasteiger partial charge is 0.475 e. The molecule has 1 aromatic heterocycles. The number of ether oxygens (including phenoxy) is 1. The fraction of sp³-hybridized carbons (Fsp3) is 0.571. The minimum atomic E-state index is 0.422. The zero-order valence-corrected chi connectivity index (χ0v) is 14.1. The lowest BCUT2D eigenvalue weighted by Gasteiger charge is -2.61. The van der Waals surface area contributed by atoms with Gasteiger partial charge in [-0.15, -0.1) is 0 Å². The average Bonchev–Trinajstić information content (AvgIpc) is 2.60. The molecule has 4 fully saturated rings. The Balaban J connectivity index is 1.37. The van der Waals surface area contributed by atoms with Crippen molar-refractivity contribution in [3.05, 3.63) is 36.0 Å². The zero-order valence-electron chi connectivity index (χ0n) is 14.1. The van der Waals surface area contributed by atoms with Crippen molar-refractivity contribution in [1.29, 1.82) is 0 Å². The van der Waals surface area contributed by atoms with E-state index in [4.69, 9.17) is 4.74 Å². The molecule has 0 radical (unpaired) electrons. The molecule has 124 valence electrons. The summed E-state index contributed by atoms with van der Waals surface area (Å²) in [6, 6.07) is 8.58. The van der Waals surface area contributed by atoms with Crippen molar-refractivity contribution < 1.29 is 4.74 Å². The van der Waals surface area contributed by atoms with Crippen LogP contribution in [-0.2, 0) is 6.54 Å². The van der Waals surface area contributed by atoms with Crippen LogP contribution in [0.3, 0.4) is 0 Å². The lowest BCUT2D eigenvalue weighted by Crippen LogP contribution is -2.61. The number of pyridine rings is 1. The molecule has 0 spiro atoms. The molecule has 4 saturated carbocycles. The highest BCUT2D eigenvalue weighted by Gasteiger charge is 2.54. The van der Waals surface area contributed by atoms with Crippen LogP contribution in [0.1, 0.15) is 44.1 Å². The monoisotopic (exact) mass is 320 g/mol. The Labute approximate surface area is 143 Å². The van der Waals surface area contributed by atoms with Crippen LogP contribution in [-0.4, -0.2) is 22.2 Å². The van der Waals surface area contributed by atoms with E-state index in [1.54, 1.807) is 0 Å². The van der Waals surface area contributed by atoms with Crippen LogP contribution in [0, 0.1) is 17.8 Å². The lowest BCUT2D eigenvalue weighted by molar-refractivity contribution is -0.119. The van der Waals surface area contributed by atoms with Crippen LogP contribution in [0.25, 0.3) is 10.9 Å². The molecule has 7 rings (SSSR count). The molecule has 3 nitrogen and oxygen atoms in total. The van der Waals surface area contributed by atoms with Gasteiger partial charge in [-0.2, -0.15) is 0 Å². The minimum Gasteiger partial charge on any atom is -0.475 e. The van der Waals surface area contributed by atoms with Gasteiger partial charge in [-0.25, -0.2) is 0 Å². The maximum atomic E-state index is 6.30. The Morgan fingerprint density at radius 1 is 1.00 bits per heavy atom. The highest BCUT2D eigenvalue weighted by atomic mass is 16.5. The number of nitrogens with zero attached hydrogens (tertiary/aromatic N) is 2. The van der Waals surface area contributed by atoms with Crippen molar-refractivity contribution in [1.82, 2.24) is 9.88 Å². The number of rotatable bonds is 1. The molecule has 5 aliphatic rings. The van der Waals surface area contributed by atoms with Crippen LogP contribution in [0.5, 0.6) is 5.75 Å². The molecular weight excluding hydrogens is 296 g/mol. The maximum absolute atomic E-state index is 6.30. The third-order valence-electron chi connectivity index (χ3n) is 7.21. The summed E-state index contributed by atoms with van der Waals surface area (Å²) >= 11 is 0. The van der Waals surface area contributed by atoms with Gasteiger partial charge >= 0.3 is 0 Å². The van der Waals surface area contributed by atoms with E-state index < -0.39 is 0 Å². The zero-order chi connectivity index (χ0) is 15.7. The van der Waals surface area contributed by atoms with Gasteiger partial charge in [0.1, 0.15) is 12.2 Å². The van der Waals surface area contributed by atoms with E-state index in [0.717, 1.165) is 42.3 Å². The first-order chi connectivity index (χ1) is 11.8. The summed E-state index contributed by atoms with van der Waals surface area (Å²) in [7, 11) is 0. The van der Waals surface area contributed by atoms with Gasteiger partial charge in [-0.3, -0.25) is 9.88 Å². The van der Waals surface area contributed by atoms with E-state index in [1.165, 1.54) is 49.5 Å². The first-order valence-corrected chi connectivity index (χ1v) is 9.54. The molecule has 0 unspecified atom stereocenters. The standard InChI is InChI=1S/C21H24N2O/c1-2-17-3-4-18-12-23(13-24-20(18)19(17)22-5-1)21-9-14-6-15(10-21)8-16(7-14)11-21/h1-5,14-16H,6-13H2. The summed E-state index contributed by atoms with van der Waals surface area (Å²) in [4.78, 5) is 7.24. The van der Waals surface area contributed by atoms with Gasteiger partial charge in [0.05, 0.1) is 0 Å². The van der Waals surface area contributed by atoms with Crippen molar-refractivity contribution in [2.75, 3.05) is 6.73 Å². The molecule has 1 aromatic carbocycles. The van der Waals surface area contributed by atoms with E-state index in [9.17, 15) is 0 Å². The molecule has 2 aromatic rings. The Bertz CT molecular complexity index is 779. The number of hydrogen-bond donors (Lipinski definition) is 0. The molecule has 4 bridgehead atoms. The van der Waals surface area contributed by atoms with E-state index in [0.29, 0.717) is 5.54 Å². The van der Waals surface area contributed by atoms with Gasteiger partial charge in [-0.05, 0) is 62.3 Å². The summed E-state index contributed by atoms with van der Waals surface area (Å²) < 4.78 is 6.30. The Morgan fingerprint density at radius 3 is 2.50 bits per heavy atom. The molecule has 24 heavy (non-hydrogen) atoms. The van der Waals surface area contributed by atoms with Crippen molar-refractivity contribution in [2.24, 2.45) is 17.8 Å². The first-order valence-electron chi connectivity index (χ1n) is 9.54. The van der Waals surface area contributed by atoms with Crippen molar-refractivity contribution in [3.63, 3.8) is 0 Å². The third kappa shape index (κ3) is 1.85. The van der Waals surface area contributed by atoms with Gasteiger partial charge in [0.25, 0.3) is 0 Å². The molecule has 0 amide bonds. The van der Waals surface area contributed by atoms with Crippen molar-refractivity contribution >= 4 is 10.9 Å². The van der Waals surface area contributed by atoms with Crippen LogP contribution < -0.4 is 4.74 Å². The maximum Gasteiger partial charge on any atom is 0.152 e. The SMILES string of the molecule is c1cnc2c3c(ccc2c1)CN(C12CC4CC(CC(C4)C1)C2)CO3. The van der Waals surface area contributed by atoms with Gasteiger partial charge in [-0.1, -0.05) is 18.2 Å². The second kappa shape index (κ2) is 4.72. The normalized spacial score (nSPS) is 37.4. The smallest absolute Gasteiger partial charge is 0.152 e. The van der Waals surface area contributed by atoms with Gasteiger partial charge < -0.3 is 4.74 Å². The van der Waals surface area contributed by atoms with E-state index in [-0.39, 0.29) is 0 Å². The predicted molar refractivity (Wildman–Crippen MR) is 93.7 cm³/mol. The molecule has 0 atom stereocenters. The highest BCUT2D eigenvalue weighted by Crippen LogP contribution is 2.58. The summed E-state index contributed by atoms with van der Waals surface area (Å²) in [5, 5.41) is 1.18. The molecule has 4 aliphatic carbocycles. The third-order valence-corrected chi connectivity index (χ3v) is 7.21. The molecule has 0 saturated heterocycles. The first kappa shape index (κ1) is 13.7. The Morgan fingerprint density at radius 2 is 1.75 bits per heavy atom. The number of hydrogen-bond acceptors (Lipinski definition) is 3. The molecule has 1 aliphatic heterocycles. The van der Waals surface area contributed by atoms with Crippen molar-refractivity contribution in [3.8, 4) is 5.75 Å². The summed E-state index contributed by atoms with van der Waals surface area (Å²) in [5.74, 6) is 3.97. The predicted octanol–water partition coefficient (Wildman–Crippen LogP) is 4.36. The van der Waals surface area contributed by atoms with Crippen LogP contribution in [0.15, 0.2) is 30.5 Å². The summed E-state index contributed by atoms with van der Waals surface area (Å²) in [6.07, 6.45) is 10.6. The molecule has 0 N–H and O–H groups in total. The second-order valence-electron chi connectivity index (χ2n) is 8.74. The van der Waals surface area contributed by atoms with E-state index in [1.807, 2.05) is 12.3 Å². The van der Waals surface area contributed by atoms with Crippen LogP contribution in [0.4, 0.5) is 0 Å². The summed E-state index contributed by atoms with van der Waals surface area (Å²) in [5.41, 5.74) is 2.77. The topological polar surface area (TPSA) is 25.4 Å². The van der Waals surface area contributed by atoms with Gasteiger partial charge in [0.2, 0.25) is 0 Å². The summed E-state index contributed by atoms with van der Waals surface area (Å²) in [6.45, 7) is 1.78. The minimum absolute atomic E-state index is 0.422. The number of benzene rings is 1. The fourth-order valence-electron chi connectivity index (χ4n) is 6.60. The van der Waals surface area contributed by atoms with Crippen LogP contribution in [0.2, 0.25) is 0 Å². The number of fused-ring (bicyclic) bond motifs is 3. The Kier molecular flexibility index (Phi) is 2.69. The molecule has 3 heteroatoms. The average molecular weight is 320 g/mol. The van der Waals surface area contributed by atoms with Gasteiger partial charge in [0, 0.05) is 29.2 Å². The molecular formula is C21H24N2O. The Hall–Kier alpha value is -1.61. The number of aromatic nitrogens is 1. The second-order valence-corrected chi connectivity index (χ2v) is 8.74.